The molecule has 1 nitrogen and oxygen atoms in total. The standard InChI is InChI=1S/C8H12O/c1-6-3-4-8(9)7(2)5-6/h3,7H,4-5H2,1-2H3. The van der Waals surface area contributed by atoms with E-state index in [-0.39, 0.29) is 5.92 Å². The molecule has 1 unspecified atom stereocenters. The van der Waals surface area contributed by atoms with Crippen LogP contribution in [0, 0.1) is 5.92 Å². The molecule has 1 aliphatic carbocycles. The van der Waals surface area contributed by atoms with E-state index in [1.54, 1.807) is 0 Å². The van der Waals surface area contributed by atoms with E-state index in [1.807, 2.05) is 13.0 Å². The van der Waals surface area contributed by atoms with Crippen molar-refractivity contribution in [2.24, 2.45) is 5.92 Å². The zero-order valence-corrected chi connectivity index (χ0v) is 5.98. The van der Waals surface area contributed by atoms with E-state index < -0.39 is 0 Å². The Morgan fingerprint density at radius 1 is 1.67 bits per heavy atom. The third-order valence-corrected chi connectivity index (χ3v) is 1.83. The molecule has 0 aromatic rings. The molecule has 1 heteroatoms. The van der Waals surface area contributed by atoms with Crippen molar-refractivity contribution in [1.82, 2.24) is 0 Å². The molecule has 1 rings (SSSR count). The zero-order chi connectivity index (χ0) is 6.85. The number of Topliss-reactive ketones (excluding diaryl/α,β-unsaturated/α-hetero) is 1. The molecule has 0 aliphatic heterocycles. The van der Waals surface area contributed by atoms with Crippen LogP contribution >= 0.6 is 0 Å². The van der Waals surface area contributed by atoms with E-state index in [2.05, 4.69) is 6.92 Å². The highest BCUT2D eigenvalue weighted by atomic mass is 16.1. The van der Waals surface area contributed by atoms with Crippen LogP contribution in [-0.2, 0) is 4.79 Å². The molecule has 0 amide bonds. The lowest BCUT2D eigenvalue weighted by Crippen LogP contribution is -2.13. The van der Waals surface area contributed by atoms with E-state index in [0.29, 0.717) is 12.2 Å². The number of carbonyl (C=O) groups excluding carboxylic acids is 1. The first-order valence-corrected chi connectivity index (χ1v) is 3.38. The molecule has 0 aromatic heterocycles. The topological polar surface area (TPSA) is 17.1 Å². The van der Waals surface area contributed by atoms with Gasteiger partial charge in [-0.1, -0.05) is 18.6 Å². The van der Waals surface area contributed by atoms with Crippen LogP contribution < -0.4 is 0 Å². The van der Waals surface area contributed by atoms with Gasteiger partial charge in [0.15, 0.2) is 0 Å². The van der Waals surface area contributed by atoms with Crippen LogP contribution in [0.15, 0.2) is 11.6 Å². The smallest absolute Gasteiger partial charge is 0.139 e. The molecule has 0 radical (unpaired) electrons. The summed E-state index contributed by atoms with van der Waals surface area (Å²) in [5.41, 5.74) is 1.36. The molecule has 9 heavy (non-hydrogen) atoms. The summed E-state index contributed by atoms with van der Waals surface area (Å²) in [6, 6.07) is 0. The number of carbonyl (C=O) groups is 1. The molecule has 0 spiro atoms. The maximum Gasteiger partial charge on any atom is 0.139 e. The molecule has 1 atom stereocenters. The van der Waals surface area contributed by atoms with Crippen molar-refractivity contribution in [2.75, 3.05) is 0 Å². The van der Waals surface area contributed by atoms with E-state index >= 15 is 0 Å². The van der Waals surface area contributed by atoms with Gasteiger partial charge in [0.2, 0.25) is 0 Å². The SMILES string of the molecule is CC1=CCC(=O)C(C)C1. The van der Waals surface area contributed by atoms with Crippen molar-refractivity contribution >= 4 is 5.78 Å². The number of rotatable bonds is 0. The van der Waals surface area contributed by atoms with Crippen LogP contribution in [0.1, 0.15) is 26.7 Å². The average Bonchev–Trinajstić information content (AvgIpc) is 1.80. The molecule has 0 bridgehead atoms. The van der Waals surface area contributed by atoms with Crippen LogP contribution in [0.5, 0.6) is 0 Å². The highest BCUT2D eigenvalue weighted by molar-refractivity contribution is 5.83. The summed E-state index contributed by atoms with van der Waals surface area (Å²) in [5, 5.41) is 0. The highest BCUT2D eigenvalue weighted by Gasteiger charge is 2.15. The van der Waals surface area contributed by atoms with Gasteiger partial charge in [-0.05, 0) is 13.3 Å². The lowest BCUT2D eigenvalue weighted by Gasteiger charge is -2.14. The highest BCUT2D eigenvalue weighted by Crippen LogP contribution is 2.19. The zero-order valence-electron chi connectivity index (χ0n) is 5.98. The summed E-state index contributed by atoms with van der Waals surface area (Å²) in [7, 11) is 0. The number of hydrogen-bond donors (Lipinski definition) is 0. The van der Waals surface area contributed by atoms with Gasteiger partial charge in [0.05, 0.1) is 0 Å². The second kappa shape index (κ2) is 2.34. The Bertz CT molecular complexity index is 156. The molecule has 1 aliphatic rings. The number of ketones is 1. The van der Waals surface area contributed by atoms with Gasteiger partial charge in [-0.15, -0.1) is 0 Å². The second-order valence-corrected chi connectivity index (χ2v) is 2.83. The first-order chi connectivity index (χ1) is 4.20. The third kappa shape index (κ3) is 1.41. The molecular weight excluding hydrogens is 112 g/mol. The molecule has 50 valence electrons. The fourth-order valence-electron chi connectivity index (χ4n) is 1.16. The van der Waals surface area contributed by atoms with Crippen molar-refractivity contribution in [3.8, 4) is 0 Å². The van der Waals surface area contributed by atoms with Gasteiger partial charge in [0.1, 0.15) is 5.78 Å². The first kappa shape index (κ1) is 6.53. The minimum absolute atomic E-state index is 0.273. The van der Waals surface area contributed by atoms with Gasteiger partial charge >= 0.3 is 0 Å². The minimum Gasteiger partial charge on any atom is -0.299 e. The molecule has 0 saturated heterocycles. The van der Waals surface area contributed by atoms with Gasteiger partial charge in [-0.3, -0.25) is 4.79 Å². The van der Waals surface area contributed by atoms with Crippen molar-refractivity contribution in [2.45, 2.75) is 26.7 Å². The monoisotopic (exact) mass is 124 g/mol. The summed E-state index contributed by atoms with van der Waals surface area (Å²) in [5.74, 6) is 0.663. The number of allylic oxidation sites excluding steroid dienone is 2. The predicted molar refractivity (Wildman–Crippen MR) is 37.2 cm³/mol. The van der Waals surface area contributed by atoms with Crippen LogP contribution in [-0.4, -0.2) is 5.78 Å². The molecule has 0 fully saturated rings. The second-order valence-electron chi connectivity index (χ2n) is 2.83. The van der Waals surface area contributed by atoms with Crippen LogP contribution in [0.4, 0.5) is 0 Å². The maximum atomic E-state index is 10.9. The van der Waals surface area contributed by atoms with Gasteiger partial charge in [-0.25, -0.2) is 0 Å². The Hall–Kier alpha value is -0.590. The molecule has 0 heterocycles. The maximum absolute atomic E-state index is 10.9. The summed E-state index contributed by atoms with van der Waals surface area (Å²) < 4.78 is 0. The first-order valence-electron chi connectivity index (χ1n) is 3.38. The normalized spacial score (nSPS) is 28.0. The number of hydrogen-bond acceptors (Lipinski definition) is 1. The average molecular weight is 124 g/mol. The van der Waals surface area contributed by atoms with Crippen molar-refractivity contribution in [3.05, 3.63) is 11.6 Å². The summed E-state index contributed by atoms with van der Waals surface area (Å²) in [6.45, 7) is 4.09. The fourth-order valence-corrected chi connectivity index (χ4v) is 1.16. The largest absolute Gasteiger partial charge is 0.299 e. The lowest BCUT2D eigenvalue weighted by atomic mass is 9.90. The third-order valence-electron chi connectivity index (χ3n) is 1.83. The van der Waals surface area contributed by atoms with Crippen molar-refractivity contribution in [3.63, 3.8) is 0 Å². The van der Waals surface area contributed by atoms with Gasteiger partial charge in [0, 0.05) is 12.3 Å². The molecule has 0 N–H and O–H groups in total. The van der Waals surface area contributed by atoms with Crippen molar-refractivity contribution in [1.29, 1.82) is 0 Å². The van der Waals surface area contributed by atoms with Crippen LogP contribution in [0.2, 0.25) is 0 Å². The Kier molecular flexibility index (Phi) is 1.70. The van der Waals surface area contributed by atoms with Gasteiger partial charge in [0.25, 0.3) is 0 Å². The Labute approximate surface area is 55.8 Å². The Morgan fingerprint density at radius 2 is 2.33 bits per heavy atom. The van der Waals surface area contributed by atoms with E-state index in [1.165, 1.54) is 5.57 Å². The molecule has 0 saturated carbocycles. The minimum atomic E-state index is 0.273. The summed E-state index contributed by atoms with van der Waals surface area (Å²) in [4.78, 5) is 10.9. The fraction of sp³-hybridized carbons (Fsp3) is 0.625. The van der Waals surface area contributed by atoms with Crippen LogP contribution in [0.3, 0.4) is 0 Å². The quantitative estimate of drug-likeness (QED) is 0.451. The summed E-state index contributed by atoms with van der Waals surface area (Å²) >= 11 is 0. The van der Waals surface area contributed by atoms with E-state index in [9.17, 15) is 4.79 Å². The van der Waals surface area contributed by atoms with Gasteiger partial charge < -0.3 is 0 Å². The van der Waals surface area contributed by atoms with Crippen LogP contribution in [0.25, 0.3) is 0 Å². The van der Waals surface area contributed by atoms with Gasteiger partial charge in [-0.2, -0.15) is 0 Å². The predicted octanol–water partition coefficient (Wildman–Crippen LogP) is 1.93. The summed E-state index contributed by atoms with van der Waals surface area (Å²) in [6.07, 6.45) is 3.66. The van der Waals surface area contributed by atoms with Crippen molar-refractivity contribution < 1.29 is 4.79 Å². The molecule has 0 aromatic carbocycles. The molecular formula is C8H12O. The Balaban J connectivity index is 2.65. The van der Waals surface area contributed by atoms with E-state index in [4.69, 9.17) is 0 Å². The lowest BCUT2D eigenvalue weighted by molar-refractivity contribution is -0.121. The Morgan fingerprint density at radius 3 is 2.78 bits per heavy atom. The van der Waals surface area contributed by atoms with E-state index in [0.717, 1.165) is 6.42 Å².